The van der Waals surface area contributed by atoms with Crippen molar-refractivity contribution >= 4 is 47.5 Å². The Labute approximate surface area is 309 Å². The zero-order valence-corrected chi connectivity index (χ0v) is 29.3. The lowest BCUT2D eigenvalue weighted by Gasteiger charge is -2.25. The lowest BCUT2D eigenvalue weighted by Crippen LogP contribution is -2.58. The molecule has 0 bridgehead atoms. The van der Waals surface area contributed by atoms with Gasteiger partial charge in [0.15, 0.2) is 0 Å². The molecule has 20 nitrogen and oxygen atoms in total. The van der Waals surface area contributed by atoms with Crippen molar-refractivity contribution in [2.45, 2.75) is 95.1 Å². The molecule has 4 amide bonds. The molecule has 296 valence electrons. The molecule has 0 spiro atoms. The molecule has 20 heteroatoms. The normalized spacial score (nSPS) is 13.0. The molecule has 0 radical (unpaired) electrons. The van der Waals surface area contributed by atoms with Crippen molar-refractivity contribution < 1.29 is 67.9 Å². The first-order valence-electron chi connectivity index (χ1n) is 16.9. The van der Waals surface area contributed by atoms with Crippen LogP contribution in [0.5, 0.6) is 5.75 Å². The lowest BCUT2D eigenvalue weighted by atomic mass is 10.0. The number of amides is 4. The first-order chi connectivity index (χ1) is 25.6. The summed E-state index contributed by atoms with van der Waals surface area (Å²) in [5, 5.41) is 45.9. The zero-order chi connectivity index (χ0) is 40.2. The summed E-state index contributed by atoms with van der Waals surface area (Å²) in [4.78, 5) is 97.1. The van der Waals surface area contributed by atoms with Crippen LogP contribution in [0, 0.1) is 0 Å². The number of nitrogens with one attached hydrogen (secondary N) is 4. The van der Waals surface area contributed by atoms with Crippen LogP contribution in [-0.2, 0) is 57.9 Å². The van der Waals surface area contributed by atoms with Gasteiger partial charge in [-0.2, -0.15) is 0 Å². The summed E-state index contributed by atoms with van der Waals surface area (Å²) in [7, 11) is 0. The van der Waals surface area contributed by atoms with Gasteiger partial charge >= 0.3 is 23.9 Å². The van der Waals surface area contributed by atoms with E-state index in [1.54, 1.807) is 36.6 Å². The summed E-state index contributed by atoms with van der Waals surface area (Å²) in [5.41, 5.74) is 12.9. The maximum atomic E-state index is 13.4. The number of carboxylic acid groups (broad SMARTS) is 4. The smallest absolute Gasteiger partial charge is 0.303 e. The van der Waals surface area contributed by atoms with Gasteiger partial charge in [-0.3, -0.25) is 38.4 Å². The highest BCUT2D eigenvalue weighted by atomic mass is 16.5. The standard InChI is InChI=1S/C34H46N6O14/c35-16-22-15-20(18-54-22)17-53-21-3-1-19(2-4-21)13-14-37-32(50)24(6-10-28(43)44)39-34(52)26(8-12-30(47)48)40-33(51)25(7-11-29(45)46)38-31(49)23(36)5-9-27(41)42/h1-4,15,18,23-26H,5-14,16-17,35-36H2,(H,37,50)(H,38,49)(H,39,52)(H,40,51)(H,41,42)(H,43,44)(H,45,46)(H,47,48). The molecular weight excluding hydrogens is 716 g/mol. The van der Waals surface area contributed by atoms with Crippen LogP contribution in [0.25, 0.3) is 0 Å². The van der Waals surface area contributed by atoms with Crippen molar-refractivity contribution in [3.63, 3.8) is 0 Å². The number of rotatable bonds is 26. The Morgan fingerprint density at radius 1 is 0.648 bits per heavy atom. The van der Waals surface area contributed by atoms with Crippen LogP contribution in [0.4, 0.5) is 0 Å². The van der Waals surface area contributed by atoms with Gasteiger partial charge in [0.05, 0.1) is 18.8 Å². The van der Waals surface area contributed by atoms with Gasteiger partial charge in [-0.1, -0.05) is 12.1 Å². The summed E-state index contributed by atoms with van der Waals surface area (Å²) in [6.45, 7) is 0.602. The average Bonchev–Trinajstić information content (AvgIpc) is 3.59. The van der Waals surface area contributed by atoms with Crippen molar-refractivity contribution in [1.29, 1.82) is 0 Å². The molecule has 12 N–H and O–H groups in total. The number of ether oxygens (including phenoxy) is 1. The van der Waals surface area contributed by atoms with Crippen molar-refractivity contribution in [3.8, 4) is 5.75 Å². The van der Waals surface area contributed by atoms with E-state index >= 15 is 0 Å². The molecule has 0 aliphatic heterocycles. The number of hydrogen-bond donors (Lipinski definition) is 10. The summed E-state index contributed by atoms with van der Waals surface area (Å²) >= 11 is 0. The Balaban J connectivity index is 2.09. The molecule has 4 unspecified atom stereocenters. The van der Waals surface area contributed by atoms with Crippen LogP contribution in [0.2, 0.25) is 0 Å². The van der Waals surface area contributed by atoms with E-state index in [9.17, 15) is 48.6 Å². The van der Waals surface area contributed by atoms with Crippen LogP contribution < -0.4 is 37.5 Å². The molecular formula is C34H46N6O14. The summed E-state index contributed by atoms with van der Waals surface area (Å²) < 4.78 is 11.0. The van der Waals surface area contributed by atoms with Crippen LogP contribution >= 0.6 is 0 Å². The van der Waals surface area contributed by atoms with Crippen molar-refractivity contribution in [3.05, 3.63) is 53.5 Å². The second-order valence-corrected chi connectivity index (χ2v) is 12.1. The maximum absolute atomic E-state index is 13.4. The van der Waals surface area contributed by atoms with E-state index in [1.807, 2.05) is 0 Å². The number of carboxylic acids is 4. The van der Waals surface area contributed by atoms with Crippen molar-refractivity contribution in [2.75, 3.05) is 6.54 Å². The predicted octanol–water partition coefficient (Wildman–Crippen LogP) is -0.783. The Morgan fingerprint density at radius 2 is 1.11 bits per heavy atom. The lowest BCUT2D eigenvalue weighted by molar-refractivity contribution is -0.140. The molecule has 0 fully saturated rings. The van der Waals surface area contributed by atoms with Crippen LogP contribution in [-0.4, -0.2) is 98.6 Å². The van der Waals surface area contributed by atoms with Gasteiger partial charge < -0.3 is 62.3 Å². The van der Waals surface area contributed by atoms with Gasteiger partial charge in [-0.25, -0.2) is 0 Å². The molecule has 2 aromatic rings. The zero-order valence-electron chi connectivity index (χ0n) is 29.3. The fraction of sp³-hybridized carbons (Fsp3) is 0.471. The first kappa shape index (κ1) is 44.1. The highest BCUT2D eigenvalue weighted by Crippen LogP contribution is 2.16. The van der Waals surface area contributed by atoms with Gasteiger partial charge in [0.25, 0.3) is 0 Å². The fourth-order valence-electron chi connectivity index (χ4n) is 4.82. The number of aliphatic carboxylic acids is 4. The molecule has 1 aromatic heterocycles. The Bertz CT molecular complexity index is 1610. The molecule has 4 atom stereocenters. The van der Waals surface area contributed by atoms with E-state index in [1.165, 1.54) is 0 Å². The molecule has 1 aromatic carbocycles. The molecule has 0 saturated carbocycles. The fourth-order valence-corrected chi connectivity index (χ4v) is 4.82. The van der Waals surface area contributed by atoms with E-state index < -0.39 is 110 Å². The Hall–Kier alpha value is -6.02. The maximum Gasteiger partial charge on any atom is 0.303 e. The number of carbonyl (C=O) groups excluding carboxylic acids is 4. The number of benzene rings is 1. The minimum Gasteiger partial charge on any atom is -0.489 e. The molecule has 2 rings (SSSR count). The second kappa shape index (κ2) is 22.8. The van der Waals surface area contributed by atoms with E-state index in [2.05, 4.69) is 21.3 Å². The van der Waals surface area contributed by atoms with Crippen molar-refractivity contribution in [2.24, 2.45) is 11.5 Å². The van der Waals surface area contributed by atoms with Gasteiger partial charge in [0.2, 0.25) is 23.6 Å². The van der Waals surface area contributed by atoms with Gasteiger partial charge in [-0.15, -0.1) is 0 Å². The highest BCUT2D eigenvalue weighted by molar-refractivity contribution is 5.95. The molecule has 1 heterocycles. The third kappa shape index (κ3) is 17.0. The summed E-state index contributed by atoms with van der Waals surface area (Å²) in [6, 6.07) is 2.78. The topological polar surface area (TPSA) is 340 Å². The number of nitrogens with two attached hydrogens (primary N) is 2. The van der Waals surface area contributed by atoms with Gasteiger partial charge in [-0.05, 0) is 55.9 Å². The quantitative estimate of drug-likeness (QED) is 0.0562. The van der Waals surface area contributed by atoms with E-state index in [0.29, 0.717) is 17.9 Å². The third-order valence-electron chi connectivity index (χ3n) is 7.80. The highest BCUT2D eigenvalue weighted by Gasteiger charge is 2.31. The molecule has 54 heavy (non-hydrogen) atoms. The molecule has 0 aliphatic rings. The minimum absolute atomic E-state index is 0.0775. The SMILES string of the molecule is NCc1cc(COc2ccc(CCNC(=O)C(CCC(=O)O)NC(=O)C(CCC(=O)O)NC(=O)C(CCC(=O)O)NC(=O)C(N)CCC(=O)O)cc2)co1. The summed E-state index contributed by atoms with van der Waals surface area (Å²) in [6.07, 6.45) is -2.03. The van der Waals surface area contributed by atoms with Crippen LogP contribution in [0.3, 0.4) is 0 Å². The van der Waals surface area contributed by atoms with Crippen LogP contribution in [0.1, 0.15) is 68.3 Å². The number of furan rings is 1. The Morgan fingerprint density at radius 3 is 1.57 bits per heavy atom. The van der Waals surface area contributed by atoms with Gasteiger partial charge in [0, 0.05) is 37.8 Å². The molecule has 0 saturated heterocycles. The van der Waals surface area contributed by atoms with E-state index in [0.717, 1.165) is 11.1 Å². The van der Waals surface area contributed by atoms with Crippen molar-refractivity contribution in [1.82, 2.24) is 21.3 Å². The molecule has 0 aliphatic carbocycles. The van der Waals surface area contributed by atoms with Crippen LogP contribution in [0.15, 0.2) is 41.0 Å². The van der Waals surface area contributed by atoms with E-state index in [4.69, 9.17) is 30.8 Å². The number of hydrogen-bond acceptors (Lipinski definition) is 12. The third-order valence-corrected chi connectivity index (χ3v) is 7.80. The monoisotopic (exact) mass is 762 g/mol. The average molecular weight is 763 g/mol. The number of carbonyl (C=O) groups is 8. The summed E-state index contributed by atoms with van der Waals surface area (Å²) in [5.74, 6) is -7.86. The van der Waals surface area contributed by atoms with E-state index in [-0.39, 0.29) is 32.5 Å². The largest absolute Gasteiger partial charge is 0.489 e. The first-order valence-corrected chi connectivity index (χ1v) is 16.9. The van der Waals surface area contributed by atoms with Gasteiger partial charge in [0.1, 0.15) is 36.2 Å². The second-order valence-electron chi connectivity index (χ2n) is 12.1. The predicted molar refractivity (Wildman–Crippen MR) is 185 cm³/mol. The Kier molecular flexibility index (Phi) is 18.7. The minimum atomic E-state index is -1.63.